The fourth-order valence-electron chi connectivity index (χ4n) is 3.09. The van der Waals surface area contributed by atoms with Crippen LogP contribution in [0.2, 0.25) is 0 Å². The van der Waals surface area contributed by atoms with Gasteiger partial charge in [0.05, 0.1) is 17.8 Å². The van der Waals surface area contributed by atoms with Crippen molar-refractivity contribution in [3.63, 3.8) is 0 Å². The van der Waals surface area contributed by atoms with Crippen molar-refractivity contribution in [2.45, 2.75) is 26.1 Å². The molecule has 0 spiro atoms. The molecule has 0 radical (unpaired) electrons. The molecule has 7 nitrogen and oxygen atoms in total. The second-order valence-electron chi connectivity index (χ2n) is 6.76. The van der Waals surface area contributed by atoms with E-state index in [1.54, 1.807) is 17.9 Å². The molecule has 2 heterocycles. The van der Waals surface area contributed by atoms with E-state index in [0.29, 0.717) is 17.1 Å². The molecule has 0 aliphatic carbocycles. The van der Waals surface area contributed by atoms with Gasteiger partial charge in [-0.3, -0.25) is 9.59 Å². The number of esters is 1. The predicted molar refractivity (Wildman–Crippen MR) is 115 cm³/mol. The number of amides is 1. The van der Waals surface area contributed by atoms with E-state index >= 15 is 0 Å². The van der Waals surface area contributed by atoms with E-state index in [-0.39, 0.29) is 31.4 Å². The van der Waals surface area contributed by atoms with Crippen LogP contribution >= 0.6 is 11.3 Å². The van der Waals surface area contributed by atoms with E-state index in [2.05, 4.69) is 10.3 Å². The van der Waals surface area contributed by atoms with Gasteiger partial charge in [-0.2, -0.15) is 0 Å². The third-order valence-electron chi connectivity index (χ3n) is 4.57. The first-order valence-corrected chi connectivity index (χ1v) is 10.5. The van der Waals surface area contributed by atoms with Gasteiger partial charge < -0.3 is 19.7 Å². The van der Waals surface area contributed by atoms with Crippen molar-refractivity contribution in [1.82, 2.24) is 4.98 Å². The van der Waals surface area contributed by atoms with Gasteiger partial charge in [-0.1, -0.05) is 30.3 Å². The number of fused-ring (bicyclic) bond motifs is 1. The summed E-state index contributed by atoms with van der Waals surface area (Å²) in [5.74, 6) is 0.0847. The lowest BCUT2D eigenvalue weighted by Crippen LogP contribution is -2.45. The maximum Gasteiger partial charge on any atom is 0.307 e. The highest BCUT2D eigenvalue weighted by atomic mass is 32.1. The van der Waals surface area contributed by atoms with Crippen molar-refractivity contribution >= 4 is 39.7 Å². The van der Waals surface area contributed by atoms with Crippen LogP contribution < -0.4 is 15.0 Å². The predicted octanol–water partition coefficient (Wildman–Crippen LogP) is 4.13. The highest BCUT2D eigenvalue weighted by Crippen LogP contribution is 2.33. The zero-order valence-electron chi connectivity index (χ0n) is 16.4. The van der Waals surface area contributed by atoms with Crippen molar-refractivity contribution in [2.75, 3.05) is 16.8 Å². The number of rotatable bonds is 7. The summed E-state index contributed by atoms with van der Waals surface area (Å²) < 4.78 is 11.0. The molecule has 1 aromatic heterocycles. The lowest BCUT2D eigenvalue weighted by molar-refractivity contribution is -0.144. The van der Waals surface area contributed by atoms with Gasteiger partial charge in [0.15, 0.2) is 11.2 Å². The van der Waals surface area contributed by atoms with E-state index in [9.17, 15) is 9.59 Å². The molecule has 1 aliphatic rings. The van der Waals surface area contributed by atoms with Gasteiger partial charge in [0.25, 0.3) is 5.91 Å². The van der Waals surface area contributed by atoms with Crippen LogP contribution in [0.25, 0.3) is 0 Å². The first-order chi connectivity index (χ1) is 14.6. The number of carbonyl (C=O) groups excluding carboxylic acids is 2. The molecule has 8 heteroatoms. The Hall–Kier alpha value is -3.39. The number of hydrogen-bond acceptors (Lipinski definition) is 7. The molecule has 0 fully saturated rings. The van der Waals surface area contributed by atoms with Crippen LogP contribution in [-0.2, 0) is 20.9 Å². The summed E-state index contributed by atoms with van der Waals surface area (Å²) in [6.45, 7) is 2.03. The minimum absolute atomic E-state index is 0.0893. The van der Waals surface area contributed by atoms with Crippen LogP contribution in [0.5, 0.6) is 5.75 Å². The molecule has 4 rings (SSSR count). The van der Waals surface area contributed by atoms with Crippen molar-refractivity contribution in [3.05, 3.63) is 65.7 Å². The average molecular weight is 423 g/mol. The Bertz CT molecular complexity index is 1040. The van der Waals surface area contributed by atoms with Crippen molar-refractivity contribution < 1.29 is 19.1 Å². The van der Waals surface area contributed by atoms with Crippen LogP contribution in [-0.4, -0.2) is 29.5 Å². The van der Waals surface area contributed by atoms with Gasteiger partial charge in [-0.05, 0) is 31.2 Å². The summed E-state index contributed by atoms with van der Waals surface area (Å²) in [6.07, 6.45) is -0.493. The minimum Gasteiger partial charge on any atom is -0.479 e. The molecular formula is C22H21N3O4S. The molecule has 3 aromatic rings. The van der Waals surface area contributed by atoms with E-state index < -0.39 is 6.10 Å². The van der Waals surface area contributed by atoms with Gasteiger partial charge in [-0.25, -0.2) is 4.98 Å². The molecule has 2 aromatic carbocycles. The monoisotopic (exact) mass is 423 g/mol. The number of thiazole rings is 1. The molecule has 0 saturated heterocycles. The number of hydrogen-bond donors (Lipinski definition) is 1. The van der Waals surface area contributed by atoms with E-state index in [1.165, 1.54) is 11.3 Å². The molecule has 1 unspecified atom stereocenters. The van der Waals surface area contributed by atoms with Gasteiger partial charge >= 0.3 is 5.97 Å². The highest BCUT2D eigenvalue weighted by molar-refractivity contribution is 7.13. The van der Waals surface area contributed by atoms with Crippen molar-refractivity contribution in [3.8, 4) is 5.75 Å². The Morgan fingerprint density at radius 2 is 1.97 bits per heavy atom. The Morgan fingerprint density at radius 3 is 2.80 bits per heavy atom. The zero-order chi connectivity index (χ0) is 20.9. The van der Waals surface area contributed by atoms with Crippen LogP contribution in [0.15, 0.2) is 60.0 Å². The van der Waals surface area contributed by atoms with E-state index in [0.717, 1.165) is 10.8 Å². The fraction of sp³-hybridized carbons (Fsp3) is 0.227. The fourth-order valence-corrected chi connectivity index (χ4v) is 3.81. The molecule has 1 N–H and O–H groups in total. The van der Waals surface area contributed by atoms with Crippen LogP contribution in [0.1, 0.15) is 19.0 Å². The Balaban J connectivity index is 1.29. The first-order valence-electron chi connectivity index (χ1n) is 9.59. The second kappa shape index (κ2) is 8.96. The molecule has 1 amide bonds. The summed E-state index contributed by atoms with van der Waals surface area (Å²) in [6, 6.07) is 17.0. The third-order valence-corrected chi connectivity index (χ3v) is 5.38. The van der Waals surface area contributed by atoms with Gasteiger partial charge in [0.1, 0.15) is 12.4 Å². The topological polar surface area (TPSA) is 80.8 Å². The Morgan fingerprint density at radius 1 is 1.20 bits per heavy atom. The second-order valence-corrected chi connectivity index (χ2v) is 7.62. The Labute approximate surface area is 178 Å². The zero-order valence-corrected chi connectivity index (χ0v) is 17.2. The van der Waals surface area contributed by atoms with Gasteiger partial charge in [0.2, 0.25) is 0 Å². The number of ether oxygens (including phenoxy) is 2. The van der Waals surface area contributed by atoms with E-state index in [4.69, 9.17) is 9.47 Å². The normalized spacial score (nSPS) is 15.3. The lowest BCUT2D eigenvalue weighted by atomic mass is 10.2. The van der Waals surface area contributed by atoms with Crippen LogP contribution in [0.3, 0.4) is 0 Å². The number of benzene rings is 2. The minimum atomic E-state index is -0.582. The van der Waals surface area contributed by atoms with Gasteiger partial charge in [0, 0.05) is 17.6 Å². The molecular weight excluding hydrogens is 402 g/mol. The molecule has 0 bridgehead atoms. The quantitative estimate of drug-likeness (QED) is 0.576. The number of para-hydroxylation sites is 3. The summed E-state index contributed by atoms with van der Waals surface area (Å²) in [4.78, 5) is 30.7. The lowest BCUT2D eigenvalue weighted by Gasteiger charge is -2.32. The summed E-state index contributed by atoms with van der Waals surface area (Å²) in [5, 5.41) is 5.79. The van der Waals surface area contributed by atoms with Crippen LogP contribution in [0, 0.1) is 0 Å². The van der Waals surface area contributed by atoms with Crippen LogP contribution in [0.4, 0.5) is 16.5 Å². The average Bonchev–Trinajstić information content (AvgIpc) is 3.20. The van der Waals surface area contributed by atoms with Gasteiger partial charge in [-0.15, -0.1) is 11.3 Å². The number of aromatic nitrogens is 1. The highest BCUT2D eigenvalue weighted by Gasteiger charge is 2.31. The van der Waals surface area contributed by atoms with Crippen molar-refractivity contribution in [2.24, 2.45) is 0 Å². The van der Waals surface area contributed by atoms with E-state index in [1.807, 2.05) is 53.9 Å². The maximum atomic E-state index is 12.5. The standard InChI is InChI=1S/C22H21N3O4S/c1-15-21(27)25(18-9-5-6-10-19(18)29-15)12-11-20(26)28-13-17-14-30-22(24-17)23-16-7-3-2-4-8-16/h2-10,14-15H,11-13H2,1H3,(H,23,24). The van der Waals surface area contributed by atoms with Crippen molar-refractivity contribution in [1.29, 1.82) is 0 Å². The largest absolute Gasteiger partial charge is 0.479 e. The number of carbonyl (C=O) groups is 2. The number of nitrogens with one attached hydrogen (secondary N) is 1. The third kappa shape index (κ3) is 4.60. The summed E-state index contributed by atoms with van der Waals surface area (Å²) in [7, 11) is 0. The summed E-state index contributed by atoms with van der Waals surface area (Å²) >= 11 is 1.44. The first kappa shape index (κ1) is 19.9. The molecule has 1 atom stereocenters. The smallest absolute Gasteiger partial charge is 0.307 e. The Kier molecular flexibility index (Phi) is 5.94. The molecule has 1 aliphatic heterocycles. The number of anilines is 3. The number of nitrogens with zero attached hydrogens (tertiary/aromatic N) is 2. The summed E-state index contributed by atoms with van der Waals surface area (Å²) in [5.41, 5.74) is 2.29. The molecule has 0 saturated carbocycles. The molecule has 154 valence electrons. The SMILES string of the molecule is CC1Oc2ccccc2N(CCC(=O)OCc2csc(Nc3ccccc3)n2)C1=O. The maximum absolute atomic E-state index is 12.5. The molecule has 30 heavy (non-hydrogen) atoms.